The zero-order chi connectivity index (χ0) is 17.3. The number of hydrogen-bond acceptors (Lipinski definition) is 4. The van der Waals surface area contributed by atoms with Crippen LogP contribution in [0, 0.1) is 11.3 Å². The number of amides is 1. The van der Waals surface area contributed by atoms with Crippen LogP contribution in [0.3, 0.4) is 0 Å². The Kier molecular flexibility index (Phi) is 5.13. The molecule has 0 aromatic carbocycles. The lowest BCUT2D eigenvalue weighted by molar-refractivity contribution is 0.0954. The fraction of sp³-hybridized carbons (Fsp3) is 0.444. The van der Waals surface area contributed by atoms with Crippen LogP contribution in [0.4, 0.5) is 0 Å². The van der Waals surface area contributed by atoms with Crippen LogP contribution in [0.15, 0.2) is 22.6 Å². The number of carbonyl (C=O) groups excluding carboxylic acids is 1. The van der Waals surface area contributed by atoms with E-state index >= 15 is 0 Å². The summed E-state index contributed by atoms with van der Waals surface area (Å²) in [5.74, 6) is 0.557. The lowest BCUT2D eigenvalue weighted by Gasteiger charge is -2.33. The quantitative estimate of drug-likeness (QED) is 0.563. The van der Waals surface area contributed by atoms with Gasteiger partial charge in [0, 0.05) is 15.1 Å². The molecular weight excluding hydrogens is 360 g/mol. The Morgan fingerprint density at radius 2 is 2.21 bits per heavy atom. The van der Waals surface area contributed by atoms with E-state index in [0.29, 0.717) is 15.7 Å². The molecule has 1 atom stereocenters. The molecule has 0 saturated heterocycles. The number of hydrogen-bond donors (Lipinski definition) is 1. The number of hydrazone groups is 1. The van der Waals surface area contributed by atoms with Crippen LogP contribution in [0.1, 0.15) is 52.9 Å². The molecule has 128 valence electrons. The molecule has 2 aromatic heterocycles. The number of fused-ring (bicyclic) bond motifs is 1. The van der Waals surface area contributed by atoms with Crippen molar-refractivity contribution in [2.45, 2.75) is 40.0 Å². The number of thiophene rings is 2. The van der Waals surface area contributed by atoms with E-state index in [0.717, 1.165) is 29.7 Å². The van der Waals surface area contributed by atoms with Crippen molar-refractivity contribution in [3.05, 3.63) is 42.7 Å². The minimum absolute atomic E-state index is 0.124. The Balaban J connectivity index is 1.67. The lowest BCUT2D eigenvalue weighted by atomic mass is 9.72. The molecule has 0 spiro atoms. The van der Waals surface area contributed by atoms with E-state index in [-0.39, 0.29) is 5.91 Å². The summed E-state index contributed by atoms with van der Waals surface area (Å²) in [7, 11) is 0. The molecule has 3 rings (SSSR count). The SMILES string of the molecule is CC(C)(C)[C@@H]1CCc2c(C(=O)NN=Cc3ccc(Cl)s3)csc2C1. The Bertz CT molecular complexity index is 770. The van der Waals surface area contributed by atoms with E-state index in [9.17, 15) is 4.79 Å². The molecule has 1 aliphatic carbocycles. The fourth-order valence-electron chi connectivity index (χ4n) is 3.05. The third-order valence-corrected chi connectivity index (χ3v) is 6.79. The molecule has 0 unspecified atom stereocenters. The van der Waals surface area contributed by atoms with Gasteiger partial charge in [-0.3, -0.25) is 4.79 Å². The Hall–Kier alpha value is -1.17. The highest BCUT2D eigenvalue weighted by molar-refractivity contribution is 7.17. The molecule has 2 aromatic rings. The third kappa shape index (κ3) is 3.90. The summed E-state index contributed by atoms with van der Waals surface area (Å²) in [5, 5.41) is 6.02. The summed E-state index contributed by atoms with van der Waals surface area (Å²) in [4.78, 5) is 14.7. The van der Waals surface area contributed by atoms with Gasteiger partial charge < -0.3 is 0 Å². The molecule has 1 amide bonds. The summed E-state index contributed by atoms with van der Waals surface area (Å²) in [6, 6.07) is 3.69. The van der Waals surface area contributed by atoms with Gasteiger partial charge in [-0.1, -0.05) is 32.4 Å². The Morgan fingerprint density at radius 1 is 1.42 bits per heavy atom. The Labute approximate surface area is 155 Å². The molecule has 1 aliphatic rings. The monoisotopic (exact) mass is 380 g/mol. The second-order valence-electron chi connectivity index (χ2n) is 7.20. The van der Waals surface area contributed by atoms with Crippen LogP contribution in [-0.2, 0) is 12.8 Å². The molecule has 0 radical (unpaired) electrons. The van der Waals surface area contributed by atoms with Gasteiger partial charge >= 0.3 is 0 Å². The van der Waals surface area contributed by atoms with Gasteiger partial charge in [0.15, 0.2) is 0 Å². The van der Waals surface area contributed by atoms with Crippen molar-refractivity contribution < 1.29 is 4.79 Å². The average molecular weight is 381 g/mol. The molecule has 3 nitrogen and oxygen atoms in total. The lowest BCUT2D eigenvalue weighted by Crippen LogP contribution is -2.27. The largest absolute Gasteiger partial charge is 0.272 e. The van der Waals surface area contributed by atoms with Crippen molar-refractivity contribution in [2.75, 3.05) is 0 Å². The average Bonchev–Trinajstić information content (AvgIpc) is 3.11. The van der Waals surface area contributed by atoms with Crippen LogP contribution in [0.25, 0.3) is 0 Å². The first-order valence-electron chi connectivity index (χ1n) is 8.02. The van der Waals surface area contributed by atoms with Crippen LogP contribution in [0.5, 0.6) is 0 Å². The highest BCUT2D eigenvalue weighted by Crippen LogP contribution is 2.40. The van der Waals surface area contributed by atoms with E-state index in [1.807, 2.05) is 17.5 Å². The Morgan fingerprint density at radius 3 is 2.88 bits per heavy atom. The van der Waals surface area contributed by atoms with E-state index < -0.39 is 0 Å². The maximum atomic E-state index is 12.4. The van der Waals surface area contributed by atoms with Gasteiger partial charge in [-0.2, -0.15) is 5.10 Å². The smallest absolute Gasteiger partial charge is 0.267 e. The number of carbonyl (C=O) groups is 1. The number of halogens is 1. The number of nitrogens with one attached hydrogen (secondary N) is 1. The van der Waals surface area contributed by atoms with Crippen molar-refractivity contribution in [3.63, 3.8) is 0 Å². The first-order valence-corrected chi connectivity index (χ1v) is 10.1. The van der Waals surface area contributed by atoms with Gasteiger partial charge in [0.2, 0.25) is 0 Å². The molecule has 0 saturated carbocycles. The third-order valence-electron chi connectivity index (χ3n) is 4.58. The summed E-state index contributed by atoms with van der Waals surface area (Å²) >= 11 is 9.01. The minimum atomic E-state index is -0.124. The zero-order valence-electron chi connectivity index (χ0n) is 14.1. The summed E-state index contributed by atoms with van der Waals surface area (Å²) in [6.45, 7) is 6.90. The molecule has 1 N–H and O–H groups in total. The second-order valence-corrected chi connectivity index (χ2v) is 9.91. The first kappa shape index (κ1) is 17.6. The molecular formula is C18H21ClN2OS2. The van der Waals surface area contributed by atoms with Gasteiger partial charge in [0.05, 0.1) is 16.1 Å². The van der Waals surface area contributed by atoms with Crippen LogP contribution < -0.4 is 5.43 Å². The summed E-state index contributed by atoms with van der Waals surface area (Å²) < 4.78 is 0.711. The highest BCUT2D eigenvalue weighted by atomic mass is 35.5. The molecule has 0 bridgehead atoms. The van der Waals surface area contributed by atoms with Gasteiger partial charge in [0.1, 0.15) is 0 Å². The topological polar surface area (TPSA) is 41.5 Å². The van der Waals surface area contributed by atoms with E-state index in [1.165, 1.54) is 21.8 Å². The van der Waals surface area contributed by atoms with Gasteiger partial charge in [-0.05, 0) is 48.3 Å². The minimum Gasteiger partial charge on any atom is -0.267 e. The van der Waals surface area contributed by atoms with E-state index in [1.54, 1.807) is 17.6 Å². The van der Waals surface area contributed by atoms with Gasteiger partial charge in [-0.15, -0.1) is 22.7 Å². The van der Waals surface area contributed by atoms with Crippen molar-refractivity contribution in [1.29, 1.82) is 0 Å². The molecule has 6 heteroatoms. The van der Waals surface area contributed by atoms with Gasteiger partial charge in [-0.25, -0.2) is 5.43 Å². The van der Waals surface area contributed by atoms with Crippen molar-refractivity contribution >= 4 is 46.4 Å². The van der Waals surface area contributed by atoms with Crippen molar-refractivity contribution in [1.82, 2.24) is 5.43 Å². The fourth-order valence-corrected chi connectivity index (χ4v) is 5.15. The maximum absolute atomic E-state index is 12.4. The van der Waals surface area contributed by atoms with Crippen LogP contribution in [0.2, 0.25) is 4.34 Å². The van der Waals surface area contributed by atoms with Gasteiger partial charge in [0.25, 0.3) is 5.91 Å². The highest BCUT2D eigenvalue weighted by Gasteiger charge is 2.31. The summed E-state index contributed by atoms with van der Waals surface area (Å²) in [5.41, 5.74) is 4.95. The normalized spacial score (nSPS) is 17.9. The number of rotatable bonds is 3. The van der Waals surface area contributed by atoms with E-state index in [4.69, 9.17) is 11.6 Å². The number of nitrogens with zero attached hydrogens (tertiary/aromatic N) is 1. The molecule has 2 heterocycles. The predicted molar refractivity (Wildman–Crippen MR) is 104 cm³/mol. The maximum Gasteiger partial charge on any atom is 0.272 e. The van der Waals surface area contributed by atoms with Crippen LogP contribution in [-0.4, -0.2) is 12.1 Å². The molecule has 24 heavy (non-hydrogen) atoms. The standard InChI is InChI=1S/C18H21ClN2OS2/c1-18(2,3)11-4-6-13-14(10-23-15(13)8-11)17(22)21-20-9-12-5-7-16(19)24-12/h5,7,9-11H,4,6,8H2,1-3H3,(H,21,22)/t11-/m1/s1. The zero-order valence-corrected chi connectivity index (χ0v) is 16.4. The second kappa shape index (κ2) is 6.98. The predicted octanol–water partition coefficient (Wildman–Crippen LogP) is 5.38. The van der Waals surface area contributed by atoms with Crippen molar-refractivity contribution in [2.24, 2.45) is 16.4 Å². The van der Waals surface area contributed by atoms with Crippen LogP contribution >= 0.6 is 34.3 Å². The molecule has 0 fully saturated rings. The summed E-state index contributed by atoms with van der Waals surface area (Å²) in [6.07, 6.45) is 4.83. The van der Waals surface area contributed by atoms with Crippen molar-refractivity contribution in [3.8, 4) is 0 Å². The first-order chi connectivity index (χ1) is 11.3. The molecule has 0 aliphatic heterocycles. The van der Waals surface area contributed by atoms with E-state index in [2.05, 4.69) is 31.3 Å².